The van der Waals surface area contributed by atoms with Gasteiger partial charge in [0.15, 0.2) is 0 Å². The van der Waals surface area contributed by atoms with E-state index in [1.165, 1.54) is 121 Å². The van der Waals surface area contributed by atoms with E-state index in [0.717, 1.165) is 123 Å². The SMILES string of the molecule is C.CC.CC(=O)NS(=O)(=O)c1ccc(N)cc1.CC(=O)NS(=O)(=O)c1ccc(Nc2ncnc3[nH]ccc23)cc1.CCc1nnc(NS(=O)(=O)c2ccc(N)cc2)s1.CCc1nnc(NS(=O)(=O)c2ccc(Nc3ncnc4[nH]ccc34)cc2)s1.Cc1[c-][nH]c2ncnc(Cl)c12.Cc1[c-][nH]c2ncnc(N3CCNCC3)c12.Clc1ncnc2[nH]ccc12.[Y].[Y]. The molecule has 0 saturated carbocycles. The van der Waals surface area contributed by atoms with E-state index in [-0.39, 0.29) is 103 Å². The molecule has 1 aliphatic heterocycles. The number of rotatable bonds is 17. The summed E-state index contributed by atoms with van der Waals surface area (Å²) in [6, 6.07) is 29.5. The van der Waals surface area contributed by atoms with Crippen LogP contribution in [0.5, 0.6) is 0 Å². The Morgan fingerprint density at radius 1 is 0.460 bits per heavy atom. The number of anilines is 9. The number of hydrogen-bond acceptors (Lipinski definition) is 32. The van der Waals surface area contributed by atoms with Crippen LogP contribution in [0.15, 0.2) is 185 Å². The molecule has 16 aromatic rings. The number of sulfonamides is 4. The normalized spacial score (nSPS) is 11.5. The van der Waals surface area contributed by atoms with E-state index in [9.17, 15) is 43.3 Å². The van der Waals surface area contributed by atoms with Gasteiger partial charge in [0.2, 0.25) is 22.1 Å². The van der Waals surface area contributed by atoms with Crippen molar-refractivity contribution in [3.63, 3.8) is 0 Å². The number of nitrogens with zero attached hydrogens (tertiary/aromatic N) is 15. The number of aryl methyl sites for hydroxylation is 4. The Bertz CT molecular complexity index is 6670. The number of hydrogen-bond donors (Lipinski definition) is 14. The second-order valence-electron chi connectivity index (χ2n) is 24.8. The molecule has 0 aliphatic carbocycles. The van der Waals surface area contributed by atoms with Crippen LogP contribution in [0.3, 0.4) is 0 Å². The number of carbonyl (C=O) groups is 2. The smallest absolute Gasteiger partial charge is 0.264 e. The zero-order valence-corrected chi connectivity index (χ0v) is 78.7. The Labute approximate surface area is 781 Å². The second kappa shape index (κ2) is 46.8. The summed E-state index contributed by atoms with van der Waals surface area (Å²) >= 11 is 14.0. The minimum Gasteiger partial charge on any atom is -0.462 e. The van der Waals surface area contributed by atoms with Gasteiger partial charge in [-0.3, -0.25) is 29.0 Å². The van der Waals surface area contributed by atoms with Gasteiger partial charge in [0.1, 0.15) is 75.4 Å². The Balaban J connectivity index is 0.000000202. The van der Waals surface area contributed by atoms with E-state index in [2.05, 4.69) is 138 Å². The van der Waals surface area contributed by atoms with Crippen LogP contribution >= 0.6 is 45.9 Å². The fourth-order valence-corrected chi connectivity index (χ4v) is 16.9. The standard InChI is InChI=1S/C16H15N7O2S2.C14H13N5O3S.C11H14N5.C10H12N4O2S2.C8H10N2O3S.C7H5ClN3.C6H4ClN3.C2H6.CH4.2Y/c1-2-13-21-22-16(26-13)23-27(24,25)11-5-3-10(4-6-11)20-15-12-7-8-17-14(12)18-9-19-15;1-9(20)19-23(21,22)11-4-2-10(3-5-11)18-14-12-6-7-15-13(12)16-8-17-14;1-8-6-13-10-9(8)11(15-7-14-10)16-4-2-12-3-5-16;1-2-9-12-13-10(17-9)14-18(15,16)8-5-3-7(11)4-6-8;1-6(11)10-14(12,13)8-4-2-7(9)3-5-8;1-4-2-9-7-5(4)6(8)10-3-11-7;7-5-4-1-2-8-6(4)10-3-9-5;1-2;;;/h3-9H,2H2,1H3,(H,22,23)(H2,17,18,19,20);2-8H,1H3,(H,19,20)(H2,15,16,17,18);7,12H,2-5H2,1H3,(H,13,14,15);3-6H,2,11H2,1H3,(H,13,14);2-5H,9H2,1H3,(H,10,11);3H,1H3,(H,9,10,11);1-3H,(H,8,9,10);1-2H3;1H4;;/q;;-1;;;-1;;;;;. The van der Waals surface area contributed by atoms with Gasteiger partial charge >= 0.3 is 0 Å². The maximum Gasteiger partial charge on any atom is 0.264 e. The van der Waals surface area contributed by atoms with Crippen LogP contribution in [0, 0.1) is 26.2 Å². The fourth-order valence-electron chi connectivity index (χ4n) is 10.7. The van der Waals surface area contributed by atoms with E-state index in [1.54, 1.807) is 49.2 Å². The summed E-state index contributed by atoms with van der Waals surface area (Å²) in [5.41, 5.74) is 19.1. The quantitative estimate of drug-likeness (QED) is 0.0229. The number of amides is 2. The number of fused-ring (bicyclic) bond motifs is 5. The molecule has 2 amide bonds. The molecular formula is C75H83Cl2N29O10S6Y2-2. The molecule has 0 spiro atoms. The molecule has 1 saturated heterocycles. The molecule has 4 aromatic carbocycles. The third kappa shape index (κ3) is 27.6. The Morgan fingerprint density at radius 3 is 1.19 bits per heavy atom. The van der Waals surface area contributed by atoms with Crippen molar-refractivity contribution < 1.29 is 109 Å². The summed E-state index contributed by atoms with van der Waals surface area (Å²) in [4.78, 5) is 79.8. The molecule has 1 fully saturated rings. The first-order valence-corrected chi connectivity index (χ1v) is 44.5. The Morgan fingerprint density at radius 2 is 0.806 bits per heavy atom. The number of benzene rings is 4. The minimum absolute atomic E-state index is 0. The van der Waals surface area contributed by atoms with Gasteiger partial charge < -0.3 is 57.2 Å². The molecule has 2 radical (unpaired) electrons. The molecule has 1 aliphatic rings. The third-order valence-electron chi connectivity index (χ3n) is 16.3. The first kappa shape index (κ1) is 100. The predicted molar refractivity (Wildman–Crippen MR) is 473 cm³/mol. The van der Waals surface area contributed by atoms with Crippen molar-refractivity contribution >= 4 is 203 Å². The van der Waals surface area contributed by atoms with E-state index in [1.807, 2.05) is 69.2 Å². The minimum atomic E-state index is -3.83. The van der Waals surface area contributed by atoms with Crippen LogP contribution in [0.25, 0.3) is 55.2 Å². The van der Waals surface area contributed by atoms with Gasteiger partial charge in [-0.2, -0.15) is 0 Å². The molecular weight excluding hydrogens is 1910 g/mol. The Kier molecular flexibility index (Phi) is 37.8. The zero-order chi connectivity index (χ0) is 87.0. The zero-order valence-electron chi connectivity index (χ0n) is 66.6. The van der Waals surface area contributed by atoms with Crippen LogP contribution in [-0.2, 0) is 128 Å². The van der Waals surface area contributed by atoms with E-state index in [0.29, 0.717) is 56.8 Å². The van der Waals surface area contributed by atoms with Crippen molar-refractivity contribution in [3.05, 3.63) is 209 Å². The number of nitrogens with two attached hydrogens (primary N) is 2. The summed E-state index contributed by atoms with van der Waals surface area (Å²) < 4.78 is 104. The van der Waals surface area contributed by atoms with Crippen molar-refractivity contribution in [2.24, 2.45) is 0 Å². The van der Waals surface area contributed by atoms with Crippen molar-refractivity contribution in [1.82, 2.24) is 110 Å². The van der Waals surface area contributed by atoms with Gasteiger partial charge in [-0.15, -0.1) is 43.9 Å². The van der Waals surface area contributed by atoms with Crippen molar-refractivity contribution in [2.45, 2.75) is 95.2 Å². The molecule has 12 aromatic heterocycles. The molecule has 0 bridgehead atoms. The summed E-state index contributed by atoms with van der Waals surface area (Å²) in [5.74, 6) is 1.01. The van der Waals surface area contributed by atoms with Crippen LogP contribution in [-0.4, -0.2) is 167 Å². The maximum atomic E-state index is 12.5. The molecule has 16 N–H and O–H groups in total. The average Bonchev–Trinajstić information content (AvgIpc) is 1.57. The summed E-state index contributed by atoms with van der Waals surface area (Å²) in [5, 5.41) is 32.5. The second-order valence-corrected chi connectivity index (χ2v) is 34.4. The number of halogens is 2. The van der Waals surface area contributed by atoms with Crippen molar-refractivity contribution in [1.29, 1.82) is 0 Å². The molecule has 124 heavy (non-hydrogen) atoms. The molecule has 49 heteroatoms. The predicted octanol–water partition coefficient (Wildman–Crippen LogP) is 11.5. The molecule has 13 heterocycles. The number of piperazine rings is 1. The van der Waals surface area contributed by atoms with Gasteiger partial charge in [0, 0.05) is 147 Å². The van der Waals surface area contributed by atoms with Gasteiger partial charge in [-0.1, -0.05) is 106 Å². The van der Waals surface area contributed by atoms with Gasteiger partial charge in [0.05, 0.1) is 46.7 Å². The number of nitrogens with one attached hydrogen (secondary N) is 12. The number of aromatic nitrogens is 19. The monoisotopic (exact) mass is 1990 g/mol. The van der Waals surface area contributed by atoms with Crippen molar-refractivity contribution in [2.75, 3.05) is 62.6 Å². The Hall–Kier alpha value is -10.8. The summed E-state index contributed by atoms with van der Waals surface area (Å²) in [6.07, 6.45) is 20.1. The van der Waals surface area contributed by atoms with E-state index >= 15 is 0 Å². The van der Waals surface area contributed by atoms with Crippen molar-refractivity contribution in [3.8, 4) is 0 Å². The number of carbonyl (C=O) groups excluding carboxylic acids is 2. The van der Waals surface area contributed by atoms with Gasteiger partial charge in [-0.25, -0.2) is 83.0 Å². The average molecular weight is 1990 g/mol. The fraction of sp³-hybridized carbons (Fsp3) is 0.200. The molecule has 0 atom stereocenters. The van der Waals surface area contributed by atoms with Crippen LogP contribution in [0.2, 0.25) is 10.3 Å². The topological polar surface area (TPSA) is 570 Å². The molecule has 39 nitrogen and oxygen atoms in total. The summed E-state index contributed by atoms with van der Waals surface area (Å²) in [6.45, 7) is 18.1. The third-order valence-corrected chi connectivity index (χ3v) is 24.7. The van der Waals surface area contributed by atoms with Crippen LogP contribution in [0.4, 0.5) is 50.5 Å². The first-order valence-electron chi connectivity index (χ1n) is 36.2. The molecule has 646 valence electrons. The number of H-pyrrole nitrogens is 5. The van der Waals surface area contributed by atoms with E-state index in [4.69, 9.17) is 34.7 Å². The maximum absolute atomic E-state index is 12.5. The molecule has 17 rings (SSSR count). The number of nitrogen functional groups attached to an aromatic ring is 2. The van der Waals surface area contributed by atoms with Gasteiger partial charge in [0.25, 0.3) is 40.1 Å². The van der Waals surface area contributed by atoms with Crippen LogP contribution in [0.1, 0.15) is 70.1 Å². The summed E-state index contributed by atoms with van der Waals surface area (Å²) in [7, 11) is -14.9. The molecule has 0 unspecified atom stereocenters. The van der Waals surface area contributed by atoms with Crippen LogP contribution < -0.4 is 51.2 Å². The van der Waals surface area contributed by atoms with E-state index < -0.39 is 51.9 Å². The number of aromatic amines is 5. The van der Waals surface area contributed by atoms with Gasteiger partial charge in [-0.05, 0) is 139 Å². The largest absolute Gasteiger partial charge is 0.462 e. The first-order chi connectivity index (χ1) is 58.0.